The summed E-state index contributed by atoms with van der Waals surface area (Å²) in [5.74, 6) is -0.702. The number of hydrogen-bond acceptors (Lipinski definition) is 3. The van der Waals surface area contributed by atoms with Crippen LogP contribution in [0.5, 0.6) is 0 Å². The van der Waals surface area contributed by atoms with Crippen LogP contribution in [0.4, 0.5) is 0 Å². The third-order valence-corrected chi connectivity index (χ3v) is 3.50. The Bertz CT molecular complexity index is 459. The first-order chi connectivity index (χ1) is 10.1. The van der Waals surface area contributed by atoms with Gasteiger partial charge in [0.25, 0.3) is 5.91 Å². The normalized spacial score (nSPS) is 11.8. The highest BCUT2D eigenvalue weighted by atomic mass is 35.5. The molecule has 0 aliphatic carbocycles. The number of amides is 1. The molecule has 1 amide bonds. The van der Waals surface area contributed by atoms with Crippen LogP contribution in [0, 0.1) is 0 Å². The number of methoxy groups -OCH3 is 1. The van der Waals surface area contributed by atoms with E-state index in [1.807, 2.05) is 0 Å². The molecule has 0 aliphatic rings. The third-order valence-electron chi connectivity index (χ3n) is 3.24. The predicted molar refractivity (Wildman–Crippen MR) is 83.5 cm³/mol. The largest absolute Gasteiger partial charge is 0.467 e. The van der Waals surface area contributed by atoms with Crippen molar-refractivity contribution in [3.8, 4) is 0 Å². The molecule has 1 N–H and O–H groups in total. The lowest BCUT2D eigenvalue weighted by molar-refractivity contribution is -0.143. The van der Waals surface area contributed by atoms with Gasteiger partial charge < -0.3 is 10.1 Å². The molecule has 1 aromatic rings. The van der Waals surface area contributed by atoms with Crippen molar-refractivity contribution in [3.63, 3.8) is 0 Å². The summed E-state index contributed by atoms with van der Waals surface area (Å²) in [6.45, 7) is 2.13. The number of hydrogen-bond donors (Lipinski definition) is 1. The zero-order chi connectivity index (χ0) is 15.7. The topological polar surface area (TPSA) is 55.4 Å². The SMILES string of the molecule is CCCCCC[C@H](NC(=O)c1ccc(Cl)cc1)C(=O)OC. The number of benzene rings is 1. The van der Waals surface area contributed by atoms with Crippen molar-refractivity contribution in [1.29, 1.82) is 0 Å². The zero-order valence-electron chi connectivity index (χ0n) is 12.5. The van der Waals surface area contributed by atoms with E-state index in [2.05, 4.69) is 12.2 Å². The number of carbonyl (C=O) groups is 2. The summed E-state index contributed by atoms with van der Waals surface area (Å²) in [7, 11) is 1.33. The molecule has 116 valence electrons. The Morgan fingerprint density at radius 1 is 1.19 bits per heavy atom. The van der Waals surface area contributed by atoms with Crippen molar-refractivity contribution < 1.29 is 14.3 Å². The lowest BCUT2D eigenvalue weighted by atomic mass is 10.1. The van der Waals surface area contributed by atoms with Crippen LogP contribution in [0.1, 0.15) is 49.4 Å². The first kappa shape index (κ1) is 17.5. The Balaban J connectivity index is 2.60. The maximum atomic E-state index is 12.1. The van der Waals surface area contributed by atoms with E-state index in [4.69, 9.17) is 16.3 Å². The van der Waals surface area contributed by atoms with Crippen molar-refractivity contribution in [3.05, 3.63) is 34.9 Å². The van der Waals surface area contributed by atoms with Gasteiger partial charge in [-0.25, -0.2) is 4.79 Å². The second kappa shape index (κ2) is 9.40. The van der Waals surface area contributed by atoms with Gasteiger partial charge in [-0.3, -0.25) is 4.79 Å². The number of ether oxygens (including phenoxy) is 1. The molecule has 0 fully saturated rings. The molecule has 5 heteroatoms. The summed E-state index contributed by atoms with van der Waals surface area (Å²) in [5.41, 5.74) is 0.474. The molecule has 0 bridgehead atoms. The summed E-state index contributed by atoms with van der Waals surface area (Å²) in [4.78, 5) is 23.9. The molecule has 1 rings (SSSR count). The Kier molecular flexibility index (Phi) is 7.83. The Morgan fingerprint density at radius 2 is 1.86 bits per heavy atom. The van der Waals surface area contributed by atoms with E-state index < -0.39 is 12.0 Å². The van der Waals surface area contributed by atoms with Crippen molar-refractivity contribution in [1.82, 2.24) is 5.32 Å². The van der Waals surface area contributed by atoms with Gasteiger partial charge >= 0.3 is 5.97 Å². The summed E-state index contributed by atoms with van der Waals surface area (Å²) >= 11 is 5.79. The molecule has 1 atom stereocenters. The molecule has 0 aromatic heterocycles. The summed E-state index contributed by atoms with van der Waals surface area (Å²) in [5, 5.41) is 3.29. The average molecular weight is 312 g/mol. The lowest BCUT2D eigenvalue weighted by Gasteiger charge is -2.16. The molecule has 21 heavy (non-hydrogen) atoms. The molecule has 0 saturated carbocycles. The smallest absolute Gasteiger partial charge is 0.328 e. The minimum absolute atomic E-state index is 0.294. The quantitative estimate of drug-likeness (QED) is 0.589. The Labute approximate surface area is 130 Å². The zero-order valence-corrected chi connectivity index (χ0v) is 13.3. The van der Waals surface area contributed by atoms with Crippen LogP contribution < -0.4 is 5.32 Å². The Hall–Kier alpha value is -1.55. The number of unbranched alkanes of at least 4 members (excludes halogenated alkanes) is 3. The molecule has 0 unspecified atom stereocenters. The van der Waals surface area contributed by atoms with Gasteiger partial charge in [0.05, 0.1) is 7.11 Å². The molecule has 0 spiro atoms. The van der Waals surface area contributed by atoms with Gasteiger partial charge in [0.1, 0.15) is 6.04 Å². The monoisotopic (exact) mass is 311 g/mol. The van der Waals surface area contributed by atoms with Crippen molar-refractivity contribution in [2.45, 2.75) is 45.1 Å². The molecule has 0 aliphatic heterocycles. The van der Waals surface area contributed by atoms with Crippen LogP contribution in [0.3, 0.4) is 0 Å². The number of rotatable bonds is 8. The number of esters is 1. The summed E-state index contributed by atoms with van der Waals surface area (Å²) in [6.07, 6.45) is 4.76. The minimum Gasteiger partial charge on any atom is -0.467 e. The van der Waals surface area contributed by atoms with Gasteiger partial charge in [-0.15, -0.1) is 0 Å². The maximum Gasteiger partial charge on any atom is 0.328 e. The van der Waals surface area contributed by atoms with Gasteiger partial charge in [0, 0.05) is 10.6 Å². The molecule has 0 heterocycles. The summed E-state index contributed by atoms with van der Waals surface area (Å²) in [6, 6.07) is 5.94. The second-order valence-corrected chi connectivity index (χ2v) is 5.34. The Morgan fingerprint density at radius 3 is 2.43 bits per heavy atom. The molecule has 1 aromatic carbocycles. The predicted octanol–water partition coefficient (Wildman–Crippen LogP) is 3.58. The van der Waals surface area contributed by atoms with E-state index in [1.54, 1.807) is 24.3 Å². The van der Waals surface area contributed by atoms with Crippen LogP contribution in [0.25, 0.3) is 0 Å². The fourth-order valence-corrected chi connectivity index (χ4v) is 2.14. The van der Waals surface area contributed by atoms with E-state index in [9.17, 15) is 9.59 Å². The molecule has 0 radical (unpaired) electrons. The second-order valence-electron chi connectivity index (χ2n) is 4.91. The van der Waals surface area contributed by atoms with E-state index >= 15 is 0 Å². The minimum atomic E-state index is -0.602. The molecule has 0 saturated heterocycles. The standard InChI is InChI=1S/C16H22ClNO3/c1-3-4-5-6-7-14(16(20)21-2)18-15(19)12-8-10-13(17)11-9-12/h8-11,14H,3-7H2,1-2H3,(H,18,19)/t14-/m0/s1. The molecule has 4 nitrogen and oxygen atoms in total. The van der Waals surface area contributed by atoms with Crippen molar-refractivity contribution in [2.24, 2.45) is 0 Å². The van der Waals surface area contributed by atoms with Crippen LogP contribution in [0.2, 0.25) is 5.02 Å². The van der Waals surface area contributed by atoms with Gasteiger partial charge in [0.2, 0.25) is 0 Å². The highest BCUT2D eigenvalue weighted by Crippen LogP contribution is 2.11. The van der Waals surface area contributed by atoms with E-state index in [0.717, 1.165) is 25.7 Å². The van der Waals surface area contributed by atoms with Crippen LogP contribution in [0.15, 0.2) is 24.3 Å². The van der Waals surface area contributed by atoms with Crippen molar-refractivity contribution >= 4 is 23.5 Å². The van der Waals surface area contributed by atoms with Gasteiger partial charge in [-0.2, -0.15) is 0 Å². The van der Waals surface area contributed by atoms with Crippen LogP contribution in [-0.2, 0) is 9.53 Å². The first-order valence-electron chi connectivity index (χ1n) is 7.22. The molecular formula is C16H22ClNO3. The maximum absolute atomic E-state index is 12.1. The van der Waals surface area contributed by atoms with Crippen LogP contribution in [-0.4, -0.2) is 25.0 Å². The van der Waals surface area contributed by atoms with Gasteiger partial charge in [-0.1, -0.05) is 44.2 Å². The highest BCUT2D eigenvalue weighted by molar-refractivity contribution is 6.30. The van der Waals surface area contributed by atoms with Crippen molar-refractivity contribution in [2.75, 3.05) is 7.11 Å². The van der Waals surface area contributed by atoms with E-state index in [1.165, 1.54) is 7.11 Å². The number of carbonyl (C=O) groups excluding carboxylic acids is 2. The number of halogens is 1. The highest BCUT2D eigenvalue weighted by Gasteiger charge is 2.21. The summed E-state index contributed by atoms with van der Waals surface area (Å²) < 4.78 is 4.75. The molecular weight excluding hydrogens is 290 g/mol. The van der Waals surface area contributed by atoms with E-state index in [-0.39, 0.29) is 5.91 Å². The van der Waals surface area contributed by atoms with Gasteiger partial charge in [-0.05, 0) is 30.7 Å². The van der Waals surface area contributed by atoms with Crippen LogP contribution >= 0.6 is 11.6 Å². The number of nitrogens with one attached hydrogen (secondary N) is 1. The van der Waals surface area contributed by atoms with Gasteiger partial charge in [0.15, 0.2) is 0 Å². The fraction of sp³-hybridized carbons (Fsp3) is 0.500. The first-order valence-corrected chi connectivity index (χ1v) is 7.60. The third kappa shape index (κ3) is 6.17. The lowest BCUT2D eigenvalue weighted by Crippen LogP contribution is -2.41. The van der Waals surface area contributed by atoms with E-state index in [0.29, 0.717) is 17.0 Å². The average Bonchev–Trinajstić information content (AvgIpc) is 2.50. The fourth-order valence-electron chi connectivity index (χ4n) is 2.01.